The highest BCUT2D eigenvalue weighted by Gasteiger charge is 2.22. The molecular weight excluding hydrogens is 420 g/mol. The van der Waals surface area contributed by atoms with Gasteiger partial charge in [-0.25, -0.2) is 9.67 Å². The van der Waals surface area contributed by atoms with Crippen LogP contribution in [0.25, 0.3) is 21.3 Å². The van der Waals surface area contributed by atoms with E-state index in [-0.39, 0.29) is 12.5 Å². The van der Waals surface area contributed by atoms with Crippen LogP contribution in [0.5, 0.6) is 0 Å². The van der Waals surface area contributed by atoms with Crippen molar-refractivity contribution in [2.75, 3.05) is 32.1 Å². The van der Waals surface area contributed by atoms with Crippen molar-refractivity contribution in [1.29, 1.82) is 0 Å². The molecule has 0 saturated carbocycles. The van der Waals surface area contributed by atoms with Crippen LogP contribution < -0.4 is 4.90 Å². The van der Waals surface area contributed by atoms with E-state index in [1.165, 1.54) is 11.3 Å². The molecule has 2 aromatic carbocycles. The van der Waals surface area contributed by atoms with Crippen LogP contribution in [-0.2, 0) is 11.3 Å². The van der Waals surface area contributed by atoms with E-state index in [2.05, 4.69) is 15.2 Å². The Labute approximate surface area is 183 Å². The number of amides is 1. The molecule has 0 spiro atoms. The van der Waals surface area contributed by atoms with Gasteiger partial charge in [-0.1, -0.05) is 40.3 Å². The highest BCUT2D eigenvalue weighted by molar-refractivity contribution is 7.22. The second kappa shape index (κ2) is 8.67. The van der Waals surface area contributed by atoms with Gasteiger partial charge in [0.2, 0.25) is 0 Å². The van der Waals surface area contributed by atoms with Crippen molar-refractivity contribution in [3.63, 3.8) is 0 Å². The molecule has 0 N–H and O–H groups in total. The Morgan fingerprint density at radius 1 is 1.17 bits per heavy atom. The number of para-hydroxylation sites is 1. The van der Waals surface area contributed by atoms with Crippen LogP contribution in [-0.4, -0.2) is 58.0 Å². The fourth-order valence-electron chi connectivity index (χ4n) is 3.32. The Hall–Kier alpha value is -2.55. The largest absolute Gasteiger partial charge is 0.309 e. The Bertz CT molecular complexity index is 1200. The van der Waals surface area contributed by atoms with Gasteiger partial charge in [-0.3, -0.25) is 9.69 Å². The Kier molecular flexibility index (Phi) is 5.99. The third-order valence-corrected chi connectivity index (χ3v) is 6.41. The van der Waals surface area contributed by atoms with Crippen LogP contribution in [0.1, 0.15) is 12.0 Å². The van der Waals surface area contributed by atoms with Crippen LogP contribution in [0, 0.1) is 6.92 Å². The number of benzene rings is 2. The van der Waals surface area contributed by atoms with Crippen molar-refractivity contribution >= 4 is 55.2 Å². The van der Waals surface area contributed by atoms with E-state index in [1.54, 1.807) is 9.58 Å². The van der Waals surface area contributed by atoms with Crippen molar-refractivity contribution < 1.29 is 4.79 Å². The zero-order chi connectivity index (χ0) is 21.3. The normalized spacial score (nSPS) is 11.6. The molecule has 4 rings (SSSR count). The van der Waals surface area contributed by atoms with Gasteiger partial charge in [0.05, 0.1) is 15.7 Å². The summed E-state index contributed by atoms with van der Waals surface area (Å²) >= 11 is 7.78. The lowest BCUT2D eigenvalue weighted by molar-refractivity contribution is -0.119. The second-order valence-electron chi connectivity index (χ2n) is 7.45. The van der Waals surface area contributed by atoms with Crippen molar-refractivity contribution in [3.05, 3.63) is 47.0 Å². The minimum atomic E-state index is -0.0628. The smallest absolute Gasteiger partial charge is 0.250 e. The van der Waals surface area contributed by atoms with Gasteiger partial charge in [-0.05, 0) is 63.8 Å². The van der Waals surface area contributed by atoms with E-state index >= 15 is 0 Å². The second-order valence-corrected chi connectivity index (χ2v) is 8.87. The minimum absolute atomic E-state index is 0.0628. The van der Waals surface area contributed by atoms with Crippen LogP contribution >= 0.6 is 22.9 Å². The lowest BCUT2D eigenvalue weighted by Crippen LogP contribution is -2.36. The van der Waals surface area contributed by atoms with E-state index in [1.807, 2.05) is 57.4 Å². The summed E-state index contributed by atoms with van der Waals surface area (Å²) in [6.07, 6.45) is 0.840. The number of aryl methyl sites for hydroxylation is 1. The summed E-state index contributed by atoms with van der Waals surface area (Å²) < 4.78 is 2.66. The summed E-state index contributed by atoms with van der Waals surface area (Å²) in [5, 5.41) is 9.68. The summed E-state index contributed by atoms with van der Waals surface area (Å²) in [5.41, 5.74) is 3.39. The van der Waals surface area contributed by atoms with E-state index < -0.39 is 0 Å². The van der Waals surface area contributed by atoms with E-state index in [0.717, 1.165) is 39.8 Å². The molecule has 2 heterocycles. The third-order valence-electron chi connectivity index (χ3n) is 4.96. The number of hydrogen-bond acceptors (Lipinski definition) is 6. The monoisotopic (exact) mass is 442 g/mol. The summed E-state index contributed by atoms with van der Waals surface area (Å²) in [7, 11) is 4.05. The van der Waals surface area contributed by atoms with Crippen LogP contribution in [0.3, 0.4) is 0 Å². The van der Waals surface area contributed by atoms with Crippen molar-refractivity contribution in [1.82, 2.24) is 24.9 Å². The van der Waals surface area contributed by atoms with E-state index in [0.29, 0.717) is 16.7 Å². The third kappa shape index (κ3) is 4.16. The lowest BCUT2D eigenvalue weighted by Gasteiger charge is -2.21. The summed E-state index contributed by atoms with van der Waals surface area (Å²) in [5.74, 6) is -0.0628. The van der Waals surface area contributed by atoms with Crippen LogP contribution in [0.15, 0.2) is 36.4 Å². The van der Waals surface area contributed by atoms with Crippen LogP contribution in [0.2, 0.25) is 5.02 Å². The first-order valence-corrected chi connectivity index (χ1v) is 10.9. The Balaban J connectivity index is 1.65. The lowest BCUT2D eigenvalue weighted by atomic mass is 10.2. The zero-order valence-corrected chi connectivity index (χ0v) is 18.7. The minimum Gasteiger partial charge on any atom is -0.309 e. The number of nitrogens with zero attached hydrogens (tertiary/aromatic N) is 6. The molecule has 0 radical (unpaired) electrons. The SMILES string of the molecule is Cc1c(Cl)ccc2sc(N(CCCN(C)C)C(=O)Cn3nnc4ccccc43)nc12. The molecule has 0 aliphatic rings. The molecule has 0 fully saturated rings. The van der Waals surface area contributed by atoms with Gasteiger partial charge in [-0.2, -0.15) is 0 Å². The molecule has 0 saturated heterocycles. The van der Waals surface area contributed by atoms with Crippen molar-refractivity contribution in [3.8, 4) is 0 Å². The number of carbonyl (C=O) groups is 1. The maximum absolute atomic E-state index is 13.3. The zero-order valence-electron chi connectivity index (χ0n) is 17.2. The number of halogens is 1. The number of anilines is 1. The maximum atomic E-state index is 13.3. The topological polar surface area (TPSA) is 67.2 Å². The Morgan fingerprint density at radius 3 is 2.77 bits per heavy atom. The van der Waals surface area contributed by atoms with Gasteiger partial charge in [0.1, 0.15) is 12.1 Å². The van der Waals surface area contributed by atoms with E-state index in [9.17, 15) is 4.79 Å². The number of fused-ring (bicyclic) bond motifs is 2. The van der Waals surface area contributed by atoms with Crippen LogP contribution in [0.4, 0.5) is 5.13 Å². The number of hydrogen-bond donors (Lipinski definition) is 0. The van der Waals surface area contributed by atoms with Gasteiger partial charge in [-0.15, -0.1) is 5.10 Å². The van der Waals surface area contributed by atoms with Crippen molar-refractivity contribution in [2.24, 2.45) is 0 Å². The molecule has 7 nitrogen and oxygen atoms in total. The fourth-order valence-corrected chi connectivity index (χ4v) is 4.54. The highest BCUT2D eigenvalue weighted by atomic mass is 35.5. The van der Waals surface area contributed by atoms with Gasteiger partial charge in [0.25, 0.3) is 5.91 Å². The molecular formula is C21H23ClN6OS. The molecule has 0 aliphatic heterocycles. The fraction of sp³-hybridized carbons (Fsp3) is 0.333. The van der Waals surface area contributed by atoms with Crippen molar-refractivity contribution in [2.45, 2.75) is 19.9 Å². The number of aromatic nitrogens is 4. The molecule has 0 atom stereocenters. The number of thiazole rings is 1. The summed E-state index contributed by atoms with van der Waals surface area (Å²) in [6, 6.07) is 11.5. The van der Waals surface area contributed by atoms with Gasteiger partial charge in [0, 0.05) is 11.6 Å². The molecule has 0 unspecified atom stereocenters. The van der Waals surface area contributed by atoms with E-state index in [4.69, 9.17) is 16.6 Å². The Morgan fingerprint density at radius 2 is 1.97 bits per heavy atom. The van der Waals surface area contributed by atoms with Gasteiger partial charge >= 0.3 is 0 Å². The average molecular weight is 443 g/mol. The standard InChI is InChI=1S/C21H23ClN6OS/c1-14-15(22)9-10-18-20(14)23-21(30-18)27(12-6-11-26(2)3)19(29)13-28-17-8-5-4-7-16(17)24-25-28/h4-5,7-10H,6,11-13H2,1-3H3. The van der Waals surface area contributed by atoms with Gasteiger partial charge in [0.15, 0.2) is 5.13 Å². The molecule has 9 heteroatoms. The molecule has 4 aromatic rings. The number of carbonyl (C=O) groups excluding carboxylic acids is 1. The quantitative estimate of drug-likeness (QED) is 0.433. The summed E-state index contributed by atoms with van der Waals surface area (Å²) in [4.78, 5) is 22.0. The molecule has 1 amide bonds. The number of rotatable bonds is 7. The van der Waals surface area contributed by atoms with Gasteiger partial charge < -0.3 is 4.90 Å². The maximum Gasteiger partial charge on any atom is 0.250 e. The molecule has 156 valence electrons. The average Bonchev–Trinajstić information content (AvgIpc) is 3.33. The molecule has 0 bridgehead atoms. The first-order chi connectivity index (χ1) is 14.4. The first kappa shape index (κ1) is 20.7. The molecule has 30 heavy (non-hydrogen) atoms. The highest BCUT2D eigenvalue weighted by Crippen LogP contribution is 2.33. The molecule has 2 aromatic heterocycles. The summed E-state index contributed by atoms with van der Waals surface area (Å²) in [6.45, 7) is 3.52. The first-order valence-electron chi connectivity index (χ1n) is 9.73. The predicted octanol–water partition coefficient (Wildman–Crippen LogP) is 3.99. The predicted molar refractivity (Wildman–Crippen MR) is 122 cm³/mol. The molecule has 0 aliphatic carbocycles.